The Labute approximate surface area is 130 Å². The Balaban J connectivity index is 2.00. The molecule has 0 aliphatic heterocycles. The summed E-state index contributed by atoms with van der Waals surface area (Å²) in [5.41, 5.74) is 1.59. The van der Waals surface area contributed by atoms with Gasteiger partial charge < -0.3 is 10.6 Å². The number of hydrogen-bond acceptors (Lipinski definition) is 3. The van der Waals surface area contributed by atoms with Crippen LogP contribution >= 0.6 is 11.3 Å². The Morgan fingerprint density at radius 1 is 1.24 bits per heavy atom. The van der Waals surface area contributed by atoms with E-state index in [1.165, 1.54) is 9.75 Å². The Morgan fingerprint density at radius 2 is 2.00 bits per heavy atom. The number of hydrogen-bond donors (Lipinski definition) is 2. The fourth-order valence-electron chi connectivity index (χ4n) is 2.27. The van der Waals surface area contributed by atoms with E-state index < -0.39 is 0 Å². The van der Waals surface area contributed by atoms with Crippen molar-refractivity contribution in [2.45, 2.75) is 33.2 Å². The van der Waals surface area contributed by atoms with Crippen molar-refractivity contribution < 1.29 is 4.79 Å². The van der Waals surface area contributed by atoms with Gasteiger partial charge in [0.25, 0.3) is 5.91 Å². The topological polar surface area (TPSA) is 41.1 Å². The van der Waals surface area contributed by atoms with E-state index in [-0.39, 0.29) is 11.9 Å². The van der Waals surface area contributed by atoms with Crippen LogP contribution in [0.25, 0.3) is 0 Å². The van der Waals surface area contributed by atoms with E-state index in [1.807, 2.05) is 38.1 Å². The minimum absolute atomic E-state index is 0.0210. The van der Waals surface area contributed by atoms with Crippen molar-refractivity contribution >= 4 is 22.9 Å². The number of anilines is 1. The summed E-state index contributed by atoms with van der Waals surface area (Å²) in [5.74, 6) is -0.0210. The zero-order chi connectivity index (χ0) is 15.2. The molecule has 2 aromatic rings. The van der Waals surface area contributed by atoms with E-state index in [9.17, 15) is 4.79 Å². The van der Waals surface area contributed by atoms with Gasteiger partial charge in [0.1, 0.15) is 0 Å². The first-order valence-electron chi connectivity index (χ1n) is 7.29. The summed E-state index contributed by atoms with van der Waals surface area (Å²) >= 11 is 1.79. The van der Waals surface area contributed by atoms with Crippen LogP contribution in [0.5, 0.6) is 0 Å². The summed E-state index contributed by atoms with van der Waals surface area (Å²) in [5, 5.41) is 6.30. The van der Waals surface area contributed by atoms with Crippen LogP contribution in [0.1, 0.15) is 34.0 Å². The van der Waals surface area contributed by atoms with Crippen LogP contribution < -0.4 is 10.6 Å². The van der Waals surface area contributed by atoms with Gasteiger partial charge in [0.15, 0.2) is 0 Å². The molecule has 0 radical (unpaired) electrons. The molecule has 1 aromatic heterocycles. The molecular formula is C17H22N2OS. The maximum atomic E-state index is 12.4. The number of aryl methyl sites for hydroxylation is 1. The summed E-state index contributed by atoms with van der Waals surface area (Å²) in [6, 6.07) is 12.0. The third-order valence-corrected chi connectivity index (χ3v) is 4.24. The normalized spacial score (nSPS) is 12.0. The van der Waals surface area contributed by atoms with Gasteiger partial charge in [-0.15, -0.1) is 11.3 Å². The van der Waals surface area contributed by atoms with Crippen molar-refractivity contribution in [2.75, 3.05) is 11.9 Å². The molecule has 1 amide bonds. The highest BCUT2D eigenvalue weighted by molar-refractivity contribution is 7.11. The maximum Gasteiger partial charge on any atom is 0.253 e. The average Bonchev–Trinajstić information content (AvgIpc) is 2.84. The first-order chi connectivity index (χ1) is 10.1. The summed E-state index contributed by atoms with van der Waals surface area (Å²) < 4.78 is 0. The number of benzene rings is 1. The average molecular weight is 302 g/mol. The zero-order valence-corrected chi connectivity index (χ0v) is 13.6. The predicted octanol–water partition coefficient (Wildman–Crippen LogP) is 3.85. The Bertz CT molecular complexity index is 606. The highest BCUT2D eigenvalue weighted by Gasteiger charge is 2.14. The van der Waals surface area contributed by atoms with Crippen LogP contribution in [-0.4, -0.2) is 18.5 Å². The minimum Gasteiger partial charge on any atom is -0.385 e. The maximum absolute atomic E-state index is 12.4. The number of carbonyl (C=O) groups excluding carboxylic acids is 1. The molecule has 0 spiro atoms. The number of thiophene rings is 1. The molecule has 3 nitrogen and oxygen atoms in total. The molecule has 0 saturated heterocycles. The van der Waals surface area contributed by atoms with Crippen molar-refractivity contribution in [3.05, 3.63) is 51.7 Å². The van der Waals surface area contributed by atoms with Crippen LogP contribution in [-0.2, 0) is 6.42 Å². The van der Waals surface area contributed by atoms with Crippen LogP contribution in [0.4, 0.5) is 5.69 Å². The van der Waals surface area contributed by atoms with E-state index in [0.717, 1.165) is 18.7 Å². The van der Waals surface area contributed by atoms with Crippen molar-refractivity contribution in [2.24, 2.45) is 0 Å². The first-order valence-corrected chi connectivity index (χ1v) is 8.11. The van der Waals surface area contributed by atoms with Crippen LogP contribution in [0, 0.1) is 6.92 Å². The smallest absolute Gasteiger partial charge is 0.253 e. The second-order valence-electron chi connectivity index (χ2n) is 5.17. The number of para-hydroxylation sites is 1. The highest BCUT2D eigenvalue weighted by atomic mass is 32.1. The van der Waals surface area contributed by atoms with E-state index in [4.69, 9.17) is 0 Å². The molecule has 0 fully saturated rings. The first kappa shape index (κ1) is 15.6. The molecule has 2 rings (SSSR count). The number of carbonyl (C=O) groups is 1. The molecule has 1 unspecified atom stereocenters. The quantitative estimate of drug-likeness (QED) is 0.851. The van der Waals surface area contributed by atoms with E-state index in [2.05, 4.69) is 29.7 Å². The lowest BCUT2D eigenvalue weighted by Crippen LogP contribution is -2.34. The fourth-order valence-corrected chi connectivity index (χ4v) is 3.29. The van der Waals surface area contributed by atoms with Crippen molar-refractivity contribution in [3.8, 4) is 0 Å². The Kier molecular flexibility index (Phi) is 5.39. The van der Waals surface area contributed by atoms with Gasteiger partial charge in [0, 0.05) is 34.4 Å². The van der Waals surface area contributed by atoms with Crippen molar-refractivity contribution in [1.82, 2.24) is 5.32 Å². The Hall–Kier alpha value is -1.81. The molecule has 112 valence electrons. The van der Waals surface area contributed by atoms with Gasteiger partial charge in [-0.05, 0) is 45.0 Å². The number of amides is 1. The van der Waals surface area contributed by atoms with Gasteiger partial charge in [-0.2, -0.15) is 0 Å². The largest absolute Gasteiger partial charge is 0.385 e. The lowest BCUT2D eigenvalue weighted by molar-refractivity contribution is 0.0941. The van der Waals surface area contributed by atoms with Gasteiger partial charge >= 0.3 is 0 Å². The van der Waals surface area contributed by atoms with E-state index in [0.29, 0.717) is 5.56 Å². The summed E-state index contributed by atoms with van der Waals surface area (Å²) in [4.78, 5) is 15.0. The second kappa shape index (κ2) is 7.27. The summed E-state index contributed by atoms with van der Waals surface area (Å²) in [7, 11) is 0. The summed E-state index contributed by atoms with van der Waals surface area (Å²) in [6.45, 7) is 6.97. The molecule has 2 N–H and O–H groups in total. The van der Waals surface area contributed by atoms with Crippen LogP contribution in [0.15, 0.2) is 36.4 Å². The lowest BCUT2D eigenvalue weighted by atomic mass is 10.1. The van der Waals surface area contributed by atoms with Crippen molar-refractivity contribution in [1.29, 1.82) is 0 Å². The second-order valence-corrected chi connectivity index (χ2v) is 6.54. The number of nitrogens with one attached hydrogen (secondary N) is 2. The van der Waals surface area contributed by atoms with Crippen LogP contribution in [0.2, 0.25) is 0 Å². The molecule has 1 heterocycles. The standard InChI is InChI=1S/C17H22N2OS/c1-4-18-16-8-6-5-7-15(16)17(20)19-12(2)11-14-10-9-13(3)21-14/h5-10,12,18H,4,11H2,1-3H3,(H,19,20). The third-order valence-electron chi connectivity index (χ3n) is 3.22. The third kappa shape index (κ3) is 4.33. The van der Waals surface area contributed by atoms with Gasteiger partial charge in [0.05, 0.1) is 5.56 Å². The minimum atomic E-state index is -0.0210. The zero-order valence-electron chi connectivity index (χ0n) is 12.8. The van der Waals surface area contributed by atoms with Gasteiger partial charge in [-0.3, -0.25) is 4.79 Å². The Morgan fingerprint density at radius 3 is 2.67 bits per heavy atom. The van der Waals surface area contributed by atoms with Gasteiger partial charge in [0.2, 0.25) is 0 Å². The fraction of sp³-hybridized carbons (Fsp3) is 0.353. The van der Waals surface area contributed by atoms with Gasteiger partial charge in [-0.1, -0.05) is 12.1 Å². The van der Waals surface area contributed by atoms with E-state index >= 15 is 0 Å². The molecular weight excluding hydrogens is 280 g/mol. The molecule has 0 aliphatic rings. The van der Waals surface area contributed by atoms with Gasteiger partial charge in [-0.25, -0.2) is 0 Å². The summed E-state index contributed by atoms with van der Waals surface area (Å²) in [6.07, 6.45) is 0.869. The molecule has 4 heteroatoms. The molecule has 0 aliphatic carbocycles. The lowest BCUT2D eigenvalue weighted by Gasteiger charge is -2.15. The predicted molar refractivity (Wildman–Crippen MR) is 90.3 cm³/mol. The van der Waals surface area contributed by atoms with Crippen molar-refractivity contribution in [3.63, 3.8) is 0 Å². The molecule has 0 bridgehead atoms. The highest BCUT2D eigenvalue weighted by Crippen LogP contribution is 2.18. The molecule has 21 heavy (non-hydrogen) atoms. The molecule has 0 saturated carbocycles. The molecule has 1 atom stereocenters. The van der Waals surface area contributed by atoms with Crippen LogP contribution in [0.3, 0.4) is 0 Å². The number of rotatable bonds is 6. The monoisotopic (exact) mass is 302 g/mol. The van der Waals surface area contributed by atoms with E-state index in [1.54, 1.807) is 11.3 Å². The molecule has 1 aromatic carbocycles. The SMILES string of the molecule is CCNc1ccccc1C(=O)NC(C)Cc1ccc(C)s1.